The van der Waals surface area contributed by atoms with E-state index in [9.17, 15) is 13.2 Å². The Morgan fingerprint density at radius 3 is 2.14 bits per heavy atom. The Balaban J connectivity index is 2.84. The largest absolute Gasteiger partial charge is 0.465 e. The molecule has 118 valence electrons. The average Bonchev–Trinajstić information content (AvgIpc) is 2.46. The summed E-state index contributed by atoms with van der Waals surface area (Å²) >= 11 is 0. The fraction of sp³-hybridized carbons (Fsp3) is 0.500. The van der Waals surface area contributed by atoms with E-state index in [0.717, 1.165) is 5.56 Å². The van der Waals surface area contributed by atoms with E-state index in [1.807, 2.05) is 13.8 Å². The Hall–Kier alpha value is -1.44. The molecule has 0 aromatic heterocycles. The highest BCUT2D eigenvalue weighted by Gasteiger charge is 2.25. The number of carbonyl (C=O) groups is 1. The van der Waals surface area contributed by atoms with Crippen molar-refractivity contribution in [2.75, 3.05) is 21.2 Å². The van der Waals surface area contributed by atoms with Crippen LogP contribution in [-0.2, 0) is 21.5 Å². The molecule has 0 atom stereocenters. The molecule has 0 fully saturated rings. The van der Waals surface area contributed by atoms with Crippen LogP contribution in [0, 0.1) is 0 Å². The lowest BCUT2D eigenvalue weighted by atomic mass is 10.1. The standard InChI is InChI=1S/C14H22N2O4S/c1-11(2)16(4)21(18,19)15(3)10-12-6-8-13(9-7-12)14(17)20-5/h6-9,11H,10H2,1-5H3. The molecule has 7 heteroatoms. The van der Waals surface area contributed by atoms with Crippen molar-refractivity contribution < 1.29 is 17.9 Å². The third kappa shape index (κ3) is 4.26. The second-order valence-corrected chi connectivity index (χ2v) is 7.16. The second-order valence-electron chi connectivity index (χ2n) is 5.06. The minimum absolute atomic E-state index is 0.112. The molecular formula is C14H22N2O4S. The summed E-state index contributed by atoms with van der Waals surface area (Å²) in [5.41, 5.74) is 1.23. The quantitative estimate of drug-likeness (QED) is 0.746. The maximum atomic E-state index is 12.3. The third-order valence-electron chi connectivity index (χ3n) is 3.27. The van der Waals surface area contributed by atoms with Gasteiger partial charge >= 0.3 is 5.97 Å². The highest BCUT2D eigenvalue weighted by molar-refractivity contribution is 7.86. The number of hydrogen-bond acceptors (Lipinski definition) is 4. The molecule has 0 unspecified atom stereocenters. The summed E-state index contributed by atoms with van der Waals surface area (Å²) in [7, 11) is 0.908. The van der Waals surface area contributed by atoms with Crippen molar-refractivity contribution in [2.24, 2.45) is 0 Å². The number of benzene rings is 1. The molecule has 0 saturated heterocycles. The van der Waals surface area contributed by atoms with Crippen LogP contribution in [0.1, 0.15) is 29.8 Å². The van der Waals surface area contributed by atoms with E-state index < -0.39 is 16.2 Å². The highest BCUT2D eigenvalue weighted by Crippen LogP contribution is 2.13. The zero-order valence-corrected chi connectivity index (χ0v) is 13.8. The van der Waals surface area contributed by atoms with Crippen molar-refractivity contribution in [3.05, 3.63) is 35.4 Å². The van der Waals surface area contributed by atoms with Crippen LogP contribution in [0.4, 0.5) is 0 Å². The van der Waals surface area contributed by atoms with Crippen LogP contribution >= 0.6 is 0 Å². The summed E-state index contributed by atoms with van der Waals surface area (Å²) in [6.45, 7) is 3.87. The molecule has 0 N–H and O–H groups in total. The zero-order valence-electron chi connectivity index (χ0n) is 13.0. The first kappa shape index (κ1) is 17.6. The molecular weight excluding hydrogens is 292 g/mol. The van der Waals surface area contributed by atoms with Gasteiger partial charge in [-0.2, -0.15) is 17.0 Å². The first-order valence-electron chi connectivity index (χ1n) is 6.56. The highest BCUT2D eigenvalue weighted by atomic mass is 32.2. The van der Waals surface area contributed by atoms with Gasteiger partial charge in [-0.15, -0.1) is 0 Å². The molecule has 0 radical (unpaired) electrons. The van der Waals surface area contributed by atoms with Gasteiger partial charge in [0.1, 0.15) is 0 Å². The average molecular weight is 314 g/mol. The number of esters is 1. The van der Waals surface area contributed by atoms with Crippen LogP contribution in [0.25, 0.3) is 0 Å². The van der Waals surface area contributed by atoms with Crippen LogP contribution in [0.5, 0.6) is 0 Å². The topological polar surface area (TPSA) is 66.9 Å². The van der Waals surface area contributed by atoms with Crippen molar-refractivity contribution >= 4 is 16.2 Å². The number of methoxy groups -OCH3 is 1. The number of rotatable bonds is 6. The molecule has 0 spiro atoms. The summed E-state index contributed by atoms with van der Waals surface area (Å²) in [4.78, 5) is 11.3. The van der Waals surface area contributed by atoms with E-state index in [1.54, 1.807) is 31.3 Å². The molecule has 6 nitrogen and oxygen atoms in total. The minimum atomic E-state index is -3.49. The third-order valence-corrected chi connectivity index (χ3v) is 5.33. The molecule has 0 bridgehead atoms. The fourth-order valence-corrected chi connectivity index (χ4v) is 2.97. The predicted octanol–water partition coefficient (Wildman–Crippen LogP) is 1.49. The lowest BCUT2D eigenvalue weighted by molar-refractivity contribution is 0.0600. The molecule has 0 amide bonds. The Morgan fingerprint density at radius 2 is 1.71 bits per heavy atom. The van der Waals surface area contributed by atoms with Crippen LogP contribution in [0.2, 0.25) is 0 Å². The van der Waals surface area contributed by atoms with E-state index in [1.165, 1.54) is 22.8 Å². The van der Waals surface area contributed by atoms with Gasteiger partial charge in [-0.3, -0.25) is 0 Å². The molecule has 0 saturated carbocycles. The Kier molecular flexibility index (Phi) is 5.88. The summed E-state index contributed by atoms with van der Waals surface area (Å²) in [5, 5.41) is 0. The van der Waals surface area contributed by atoms with Crippen molar-refractivity contribution in [3.63, 3.8) is 0 Å². The molecule has 21 heavy (non-hydrogen) atoms. The van der Waals surface area contributed by atoms with Gasteiger partial charge in [0.2, 0.25) is 0 Å². The molecule has 0 heterocycles. The molecule has 0 aliphatic heterocycles. The van der Waals surface area contributed by atoms with Crippen molar-refractivity contribution in [3.8, 4) is 0 Å². The van der Waals surface area contributed by atoms with E-state index in [-0.39, 0.29) is 12.6 Å². The second kappa shape index (κ2) is 7.02. The Morgan fingerprint density at radius 1 is 1.19 bits per heavy atom. The molecule has 0 aliphatic rings. The fourth-order valence-electron chi connectivity index (χ4n) is 1.69. The Labute approximate surface area is 126 Å². The minimum Gasteiger partial charge on any atom is -0.465 e. The summed E-state index contributed by atoms with van der Waals surface area (Å²) in [6, 6.07) is 6.56. The van der Waals surface area contributed by atoms with Gasteiger partial charge in [-0.05, 0) is 31.5 Å². The van der Waals surface area contributed by atoms with E-state index >= 15 is 0 Å². The van der Waals surface area contributed by atoms with Crippen molar-refractivity contribution in [1.82, 2.24) is 8.61 Å². The number of ether oxygens (including phenoxy) is 1. The van der Waals surface area contributed by atoms with Crippen LogP contribution in [-0.4, -0.2) is 50.2 Å². The van der Waals surface area contributed by atoms with Gasteiger partial charge in [-0.25, -0.2) is 4.79 Å². The van der Waals surface area contributed by atoms with Gasteiger partial charge in [-0.1, -0.05) is 12.1 Å². The maximum Gasteiger partial charge on any atom is 0.337 e. The van der Waals surface area contributed by atoms with Gasteiger partial charge < -0.3 is 4.74 Å². The molecule has 1 aromatic rings. The molecule has 0 aliphatic carbocycles. The lowest BCUT2D eigenvalue weighted by Crippen LogP contribution is -2.42. The number of nitrogens with zero attached hydrogens (tertiary/aromatic N) is 2. The van der Waals surface area contributed by atoms with Crippen LogP contribution < -0.4 is 0 Å². The Bertz CT molecular complexity index is 581. The van der Waals surface area contributed by atoms with Gasteiger partial charge in [0.15, 0.2) is 0 Å². The van der Waals surface area contributed by atoms with Gasteiger partial charge in [0.05, 0.1) is 12.7 Å². The maximum absolute atomic E-state index is 12.3. The van der Waals surface area contributed by atoms with Gasteiger partial charge in [0, 0.05) is 26.7 Å². The summed E-state index contributed by atoms with van der Waals surface area (Å²) < 4.78 is 31.8. The van der Waals surface area contributed by atoms with E-state index in [2.05, 4.69) is 4.74 Å². The molecule has 1 rings (SSSR count). The SMILES string of the molecule is COC(=O)c1ccc(CN(C)S(=O)(=O)N(C)C(C)C)cc1. The predicted molar refractivity (Wildman–Crippen MR) is 81.1 cm³/mol. The van der Waals surface area contributed by atoms with Crippen LogP contribution in [0.3, 0.4) is 0 Å². The normalized spacial score (nSPS) is 12.2. The molecule has 1 aromatic carbocycles. The number of carbonyl (C=O) groups excluding carboxylic acids is 1. The van der Waals surface area contributed by atoms with E-state index in [0.29, 0.717) is 5.56 Å². The van der Waals surface area contributed by atoms with E-state index in [4.69, 9.17) is 0 Å². The zero-order chi connectivity index (χ0) is 16.2. The number of hydrogen-bond donors (Lipinski definition) is 0. The smallest absolute Gasteiger partial charge is 0.337 e. The summed E-state index contributed by atoms with van der Waals surface area (Å²) in [5.74, 6) is -0.415. The first-order chi connectivity index (χ1) is 9.70. The van der Waals surface area contributed by atoms with Gasteiger partial charge in [0.25, 0.3) is 10.2 Å². The first-order valence-corrected chi connectivity index (χ1v) is 7.96. The van der Waals surface area contributed by atoms with Crippen molar-refractivity contribution in [2.45, 2.75) is 26.4 Å². The van der Waals surface area contributed by atoms with Crippen molar-refractivity contribution in [1.29, 1.82) is 0 Å². The monoisotopic (exact) mass is 314 g/mol. The van der Waals surface area contributed by atoms with Crippen LogP contribution in [0.15, 0.2) is 24.3 Å². The summed E-state index contributed by atoms with van der Waals surface area (Å²) in [6.07, 6.45) is 0. The lowest BCUT2D eigenvalue weighted by Gasteiger charge is -2.27.